The zero-order valence-corrected chi connectivity index (χ0v) is 17.1. The van der Waals surface area contributed by atoms with E-state index in [1.807, 2.05) is 36.4 Å². The van der Waals surface area contributed by atoms with Crippen molar-refractivity contribution in [3.05, 3.63) is 91.0 Å². The third kappa shape index (κ3) is 3.73. The Kier molecular flexibility index (Phi) is 5.68. The van der Waals surface area contributed by atoms with Gasteiger partial charge >= 0.3 is 0 Å². The van der Waals surface area contributed by atoms with Crippen LogP contribution in [-0.2, 0) is 0 Å². The minimum absolute atomic E-state index is 0.811. The van der Waals surface area contributed by atoms with E-state index in [2.05, 4.69) is 60.0 Å². The third-order valence-corrected chi connectivity index (χ3v) is 5.20. The highest BCUT2D eigenvalue weighted by Gasteiger charge is 2.18. The summed E-state index contributed by atoms with van der Waals surface area (Å²) in [6.45, 7) is 0. The molecule has 0 fully saturated rings. The molecule has 0 aromatic heterocycles. The number of methoxy groups -OCH3 is 2. The molecular weight excluding hydrogens is 372 g/mol. The average molecular weight is 396 g/mol. The number of rotatable bonds is 6. The standard InChI is InChI=1S/C26H24N2O2/c1-29-21-12-8-19(9-13-21)25-23(18-6-4-3-5-7-18)16-17-24(28-27)26(25)20-10-14-22(30-2)15-11-20/h3-17,28H,27H2,1-2H3. The second-order valence-corrected chi connectivity index (χ2v) is 6.88. The summed E-state index contributed by atoms with van der Waals surface area (Å²) in [7, 11) is 3.34. The van der Waals surface area contributed by atoms with Crippen LogP contribution in [0.1, 0.15) is 0 Å². The molecule has 4 aromatic rings. The summed E-state index contributed by atoms with van der Waals surface area (Å²) < 4.78 is 10.7. The van der Waals surface area contributed by atoms with Crippen molar-refractivity contribution in [2.75, 3.05) is 19.6 Å². The van der Waals surface area contributed by atoms with Crippen molar-refractivity contribution in [2.45, 2.75) is 0 Å². The molecule has 30 heavy (non-hydrogen) atoms. The maximum atomic E-state index is 5.93. The molecule has 4 rings (SSSR count). The first-order valence-electron chi connectivity index (χ1n) is 9.73. The van der Waals surface area contributed by atoms with E-state index in [1.165, 1.54) is 0 Å². The summed E-state index contributed by atoms with van der Waals surface area (Å²) in [5, 5.41) is 0. The smallest absolute Gasteiger partial charge is 0.118 e. The third-order valence-electron chi connectivity index (χ3n) is 5.20. The lowest BCUT2D eigenvalue weighted by atomic mass is 9.86. The Morgan fingerprint density at radius 1 is 0.567 bits per heavy atom. The topological polar surface area (TPSA) is 56.5 Å². The van der Waals surface area contributed by atoms with Gasteiger partial charge in [0, 0.05) is 5.56 Å². The van der Waals surface area contributed by atoms with Gasteiger partial charge in [-0.2, -0.15) is 0 Å². The number of anilines is 1. The van der Waals surface area contributed by atoms with E-state index < -0.39 is 0 Å². The van der Waals surface area contributed by atoms with Gasteiger partial charge in [0.1, 0.15) is 11.5 Å². The molecule has 4 heteroatoms. The molecule has 0 bridgehead atoms. The molecule has 0 aliphatic carbocycles. The molecule has 0 amide bonds. The number of hydrazine groups is 1. The van der Waals surface area contributed by atoms with Crippen molar-refractivity contribution in [1.82, 2.24) is 0 Å². The largest absolute Gasteiger partial charge is 0.497 e. The Morgan fingerprint density at radius 2 is 1.10 bits per heavy atom. The quantitative estimate of drug-likeness (QED) is 0.310. The van der Waals surface area contributed by atoms with Crippen molar-refractivity contribution in [3.63, 3.8) is 0 Å². The van der Waals surface area contributed by atoms with E-state index in [0.717, 1.165) is 50.6 Å². The molecule has 0 saturated carbocycles. The van der Waals surface area contributed by atoms with Gasteiger partial charge in [-0.3, -0.25) is 5.84 Å². The zero-order valence-electron chi connectivity index (χ0n) is 17.1. The van der Waals surface area contributed by atoms with Gasteiger partial charge in [0.2, 0.25) is 0 Å². The van der Waals surface area contributed by atoms with Gasteiger partial charge in [0.05, 0.1) is 19.9 Å². The van der Waals surface area contributed by atoms with E-state index in [9.17, 15) is 0 Å². The first kappa shape index (κ1) is 19.6. The van der Waals surface area contributed by atoms with Crippen molar-refractivity contribution in [3.8, 4) is 44.9 Å². The van der Waals surface area contributed by atoms with Crippen LogP contribution in [0.25, 0.3) is 33.4 Å². The van der Waals surface area contributed by atoms with Gasteiger partial charge in [-0.1, -0.05) is 60.7 Å². The Labute approximate surface area is 176 Å². The number of nitrogen functional groups attached to an aromatic ring is 1. The van der Waals surface area contributed by atoms with Gasteiger partial charge < -0.3 is 14.9 Å². The van der Waals surface area contributed by atoms with Crippen LogP contribution in [0.15, 0.2) is 91.0 Å². The van der Waals surface area contributed by atoms with E-state index in [0.29, 0.717) is 0 Å². The molecule has 0 atom stereocenters. The fourth-order valence-corrected chi connectivity index (χ4v) is 3.70. The lowest BCUT2D eigenvalue weighted by Gasteiger charge is -2.20. The molecule has 3 N–H and O–H groups in total. The fraction of sp³-hybridized carbons (Fsp3) is 0.0769. The van der Waals surface area contributed by atoms with Gasteiger partial charge in [0.25, 0.3) is 0 Å². The molecule has 0 aliphatic rings. The minimum atomic E-state index is 0.811. The first-order valence-corrected chi connectivity index (χ1v) is 9.73. The highest BCUT2D eigenvalue weighted by atomic mass is 16.5. The van der Waals surface area contributed by atoms with Crippen LogP contribution in [0, 0.1) is 0 Å². The summed E-state index contributed by atoms with van der Waals surface area (Å²) in [5.74, 6) is 7.56. The molecular formula is C26H24N2O2. The SMILES string of the molecule is COc1ccc(-c2c(NN)ccc(-c3ccccc3)c2-c2ccc(OC)cc2)cc1. The van der Waals surface area contributed by atoms with Crippen molar-refractivity contribution in [1.29, 1.82) is 0 Å². The van der Waals surface area contributed by atoms with Crippen molar-refractivity contribution in [2.24, 2.45) is 5.84 Å². The monoisotopic (exact) mass is 396 g/mol. The number of ether oxygens (including phenoxy) is 2. The normalized spacial score (nSPS) is 10.5. The lowest BCUT2D eigenvalue weighted by molar-refractivity contribution is 0.414. The Hall–Kier alpha value is -3.76. The maximum absolute atomic E-state index is 5.93. The van der Waals surface area contributed by atoms with E-state index in [1.54, 1.807) is 14.2 Å². The zero-order chi connectivity index (χ0) is 20.9. The molecule has 0 spiro atoms. The van der Waals surface area contributed by atoms with Gasteiger partial charge in [-0.05, 0) is 58.1 Å². The van der Waals surface area contributed by atoms with E-state index in [4.69, 9.17) is 15.3 Å². The van der Waals surface area contributed by atoms with Crippen LogP contribution in [0.4, 0.5) is 5.69 Å². The predicted molar refractivity (Wildman–Crippen MR) is 124 cm³/mol. The van der Waals surface area contributed by atoms with Crippen LogP contribution in [0.3, 0.4) is 0 Å². The molecule has 0 saturated heterocycles. The molecule has 0 aliphatic heterocycles. The number of nitrogens with one attached hydrogen (secondary N) is 1. The molecule has 0 unspecified atom stereocenters. The highest BCUT2D eigenvalue weighted by Crippen LogP contribution is 2.44. The van der Waals surface area contributed by atoms with Crippen LogP contribution in [0.2, 0.25) is 0 Å². The Morgan fingerprint density at radius 3 is 1.60 bits per heavy atom. The summed E-state index contributed by atoms with van der Waals surface area (Å²) in [5.41, 5.74) is 10.3. The number of benzene rings is 4. The van der Waals surface area contributed by atoms with Crippen LogP contribution in [0.5, 0.6) is 11.5 Å². The number of nitrogens with two attached hydrogens (primary N) is 1. The second kappa shape index (κ2) is 8.72. The maximum Gasteiger partial charge on any atom is 0.118 e. The molecule has 0 heterocycles. The average Bonchev–Trinajstić information content (AvgIpc) is 2.83. The molecule has 0 radical (unpaired) electrons. The number of hydrogen-bond acceptors (Lipinski definition) is 4. The van der Waals surface area contributed by atoms with E-state index in [-0.39, 0.29) is 0 Å². The van der Waals surface area contributed by atoms with Gasteiger partial charge in [0.15, 0.2) is 0 Å². The molecule has 150 valence electrons. The Bertz CT molecular complexity index is 1120. The van der Waals surface area contributed by atoms with Crippen LogP contribution in [-0.4, -0.2) is 14.2 Å². The number of hydrogen-bond donors (Lipinski definition) is 2. The Balaban J connectivity index is 2.02. The van der Waals surface area contributed by atoms with Gasteiger partial charge in [-0.15, -0.1) is 0 Å². The molecule has 4 aromatic carbocycles. The minimum Gasteiger partial charge on any atom is -0.497 e. The summed E-state index contributed by atoms with van der Waals surface area (Å²) in [4.78, 5) is 0. The summed E-state index contributed by atoms with van der Waals surface area (Å²) >= 11 is 0. The first-order chi connectivity index (χ1) is 14.7. The van der Waals surface area contributed by atoms with Crippen LogP contribution < -0.4 is 20.7 Å². The van der Waals surface area contributed by atoms with Gasteiger partial charge in [-0.25, -0.2) is 0 Å². The lowest BCUT2D eigenvalue weighted by Crippen LogP contribution is -2.09. The second-order valence-electron chi connectivity index (χ2n) is 6.88. The van der Waals surface area contributed by atoms with Crippen LogP contribution >= 0.6 is 0 Å². The summed E-state index contributed by atoms with van der Waals surface area (Å²) in [6.07, 6.45) is 0. The van der Waals surface area contributed by atoms with Crippen molar-refractivity contribution < 1.29 is 9.47 Å². The predicted octanol–water partition coefficient (Wildman–Crippen LogP) is 5.99. The molecule has 4 nitrogen and oxygen atoms in total. The summed E-state index contributed by atoms with van der Waals surface area (Å²) in [6, 6.07) is 30.6. The fourth-order valence-electron chi connectivity index (χ4n) is 3.70. The van der Waals surface area contributed by atoms with E-state index >= 15 is 0 Å². The highest BCUT2D eigenvalue weighted by molar-refractivity contribution is 6.00. The van der Waals surface area contributed by atoms with Crippen molar-refractivity contribution >= 4 is 5.69 Å².